The molecule has 7 nitrogen and oxygen atoms in total. The summed E-state index contributed by atoms with van der Waals surface area (Å²) in [5.74, 6) is 0.286. The van der Waals surface area contributed by atoms with E-state index in [2.05, 4.69) is 5.32 Å². The van der Waals surface area contributed by atoms with Crippen LogP contribution in [0.4, 0.5) is 4.79 Å². The monoisotopic (exact) mass is 337 g/mol. The fourth-order valence-electron chi connectivity index (χ4n) is 5.07. The minimum absolute atomic E-state index is 0.0496. The number of aliphatic carboxylic acids is 1. The Hall–Kier alpha value is -1.34. The Bertz CT molecular complexity index is 504. The molecule has 0 aromatic carbocycles. The van der Waals surface area contributed by atoms with Crippen LogP contribution in [0.15, 0.2) is 0 Å². The molecule has 0 aromatic rings. The van der Waals surface area contributed by atoms with E-state index in [4.69, 9.17) is 9.84 Å². The van der Waals surface area contributed by atoms with Crippen LogP contribution in [0.3, 0.4) is 0 Å². The van der Waals surface area contributed by atoms with Crippen molar-refractivity contribution in [2.24, 2.45) is 11.8 Å². The molecule has 1 aliphatic carbocycles. The van der Waals surface area contributed by atoms with Gasteiger partial charge in [0.15, 0.2) is 0 Å². The number of nitrogens with zero attached hydrogens (tertiary/aromatic N) is 2. The Morgan fingerprint density at radius 3 is 2.38 bits per heavy atom. The van der Waals surface area contributed by atoms with E-state index in [9.17, 15) is 9.59 Å². The molecule has 3 heterocycles. The molecule has 7 heteroatoms. The second-order valence-corrected chi connectivity index (χ2v) is 7.75. The SMILES string of the molecule is CCN(CC(=O)O)C1CC(NC(=O)N2CC3C4CCC(O4)C3C2)C1. The maximum atomic E-state index is 12.5. The maximum absolute atomic E-state index is 12.5. The standard InChI is InChI=1S/C17H27N3O4/c1-2-19(9-16(21)22)11-5-10(6-11)18-17(23)20-7-12-13(8-20)15-4-3-14(12)24-15/h10-15H,2-9H2,1H3,(H,18,23)(H,21,22). The predicted octanol–water partition coefficient (Wildman–Crippen LogP) is 0.743. The number of likely N-dealkylation sites (tertiary alicyclic amines) is 1. The summed E-state index contributed by atoms with van der Waals surface area (Å²) in [6, 6.07) is 0.505. The molecule has 2 N–H and O–H groups in total. The molecule has 2 amide bonds. The van der Waals surface area contributed by atoms with Gasteiger partial charge in [0.2, 0.25) is 0 Å². The molecule has 4 fully saturated rings. The van der Waals surface area contributed by atoms with Gasteiger partial charge in [0.25, 0.3) is 0 Å². The number of nitrogens with one attached hydrogen (secondary N) is 1. The summed E-state index contributed by atoms with van der Waals surface area (Å²) in [6.07, 6.45) is 4.76. The molecule has 134 valence electrons. The van der Waals surface area contributed by atoms with Crippen molar-refractivity contribution in [2.75, 3.05) is 26.2 Å². The molecular weight excluding hydrogens is 310 g/mol. The molecule has 4 atom stereocenters. The van der Waals surface area contributed by atoms with E-state index in [1.807, 2.05) is 16.7 Å². The van der Waals surface area contributed by atoms with Gasteiger partial charge in [-0.1, -0.05) is 6.92 Å². The van der Waals surface area contributed by atoms with Crippen LogP contribution in [0.25, 0.3) is 0 Å². The number of hydrogen-bond acceptors (Lipinski definition) is 4. The number of ether oxygens (including phenoxy) is 1. The maximum Gasteiger partial charge on any atom is 0.317 e. The number of carboxylic acids is 1. The zero-order chi connectivity index (χ0) is 16.8. The molecule has 2 bridgehead atoms. The molecule has 3 aliphatic heterocycles. The van der Waals surface area contributed by atoms with Crippen LogP contribution in [-0.4, -0.2) is 77.4 Å². The average Bonchev–Trinajstić information content (AvgIpc) is 3.19. The first-order valence-electron chi connectivity index (χ1n) is 9.22. The highest BCUT2D eigenvalue weighted by molar-refractivity contribution is 5.75. The molecule has 1 saturated carbocycles. The Morgan fingerprint density at radius 2 is 1.83 bits per heavy atom. The number of carboxylic acid groups (broad SMARTS) is 1. The third-order valence-electron chi connectivity index (χ3n) is 6.44. The Balaban J connectivity index is 1.23. The van der Waals surface area contributed by atoms with Gasteiger partial charge in [-0.2, -0.15) is 0 Å². The Kier molecular flexibility index (Phi) is 4.16. The number of carbonyl (C=O) groups excluding carboxylic acids is 1. The van der Waals surface area contributed by atoms with Gasteiger partial charge in [-0.25, -0.2) is 4.79 Å². The quantitative estimate of drug-likeness (QED) is 0.773. The summed E-state index contributed by atoms with van der Waals surface area (Å²) in [5.41, 5.74) is 0. The number of fused-ring (bicyclic) bond motifs is 5. The van der Waals surface area contributed by atoms with Crippen molar-refractivity contribution >= 4 is 12.0 Å². The smallest absolute Gasteiger partial charge is 0.317 e. The largest absolute Gasteiger partial charge is 0.480 e. The van der Waals surface area contributed by atoms with Gasteiger partial charge >= 0.3 is 12.0 Å². The van der Waals surface area contributed by atoms with Gasteiger partial charge < -0.3 is 20.1 Å². The zero-order valence-corrected chi connectivity index (χ0v) is 14.2. The lowest BCUT2D eigenvalue weighted by molar-refractivity contribution is -0.139. The van der Waals surface area contributed by atoms with E-state index in [1.165, 1.54) is 0 Å². The van der Waals surface area contributed by atoms with Crippen molar-refractivity contribution in [3.05, 3.63) is 0 Å². The number of hydrogen-bond donors (Lipinski definition) is 2. The molecule has 0 aromatic heterocycles. The topological polar surface area (TPSA) is 82.1 Å². The fourth-order valence-corrected chi connectivity index (χ4v) is 5.07. The van der Waals surface area contributed by atoms with E-state index in [0.717, 1.165) is 45.3 Å². The highest BCUT2D eigenvalue weighted by Crippen LogP contribution is 2.47. The summed E-state index contributed by atoms with van der Waals surface area (Å²) in [6.45, 7) is 4.45. The fraction of sp³-hybridized carbons (Fsp3) is 0.882. The number of urea groups is 1. The molecular formula is C17H27N3O4. The van der Waals surface area contributed by atoms with Crippen molar-refractivity contribution in [3.8, 4) is 0 Å². The molecule has 4 aliphatic rings. The third kappa shape index (κ3) is 2.77. The van der Waals surface area contributed by atoms with E-state index < -0.39 is 5.97 Å². The van der Waals surface area contributed by atoms with Gasteiger partial charge in [0.05, 0.1) is 18.8 Å². The van der Waals surface area contributed by atoms with Crippen molar-refractivity contribution < 1.29 is 19.4 Å². The number of rotatable bonds is 5. The summed E-state index contributed by atoms with van der Waals surface area (Å²) in [7, 11) is 0. The number of carbonyl (C=O) groups is 2. The minimum Gasteiger partial charge on any atom is -0.480 e. The van der Waals surface area contributed by atoms with Gasteiger partial charge in [-0.15, -0.1) is 0 Å². The lowest BCUT2D eigenvalue weighted by Crippen LogP contribution is -2.56. The first kappa shape index (κ1) is 16.1. The summed E-state index contributed by atoms with van der Waals surface area (Å²) in [5, 5.41) is 12.1. The van der Waals surface area contributed by atoms with Crippen molar-refractivity contribution in [3.63, 3.8) is 0 Å². The number of amides is 2. The average molecular weight is 337 g/mol. The van der Waals surface area contributed by atoms with Crippen LogP contribution in [0.2, 0.25) is 0 Å². The first-order valence-corrected chi connectivity index (χ1v) is 9.22. The summed E-state index contributed by atoms with van der Waals surface area (Å²) >= 11 is 0. The summed E-state index contributed by atoms with van der Waals surface area (Å²) in [4.78, 5) is 27.3. The van der Waals surface area contributed by atoms with Crippen LogP contribution in [0.5, 0.6) is 0 Å². The zero-order valence-electron chi connectivity index (χ0n) is 14.2. The highest BCUT2D eigenvalue weighted by Gasteiger charge is 2.54. The van der Waals surface area contributed by atoms with E-state index in [0.29, 0.717) is 24.0 Å². The van der Waals surface area contributed by atoms with Gasteiger partial charge in [-0.05, 0) is 32.2 Å². The lowest BCUT2D eigenvalue weighted by atomic mass is 9.82. The van der Waals surface area contributed by atoms with Crippen molar-refractivity contribution in [1.82, 2.24) is 15.1 Å². The predicted molar refractivity (Wildman–Crippen MR) is 86.7 cm³/mol. The van der Waals surface area contributed by atoms with Crippen LogP contribution in [0.1, 0.15) is 32.6 Å². The molecule has 0 spiro atoms. The number of likely N-dealkylation sites (N-methyl/N-ethyl adjacent to an activating group) is 1. The normalized spacial score (nSPS) is 39.8. The van der Waals surface area contributed by atoms with E-state index >= 15 is 0 Å². The lowest BCUT2D eigenvalue weighted by Gasteiger charge is -2.42. The van der Waals surface area contributed by atoms with Gasteiger partial charge in [-0.3, -0.25) is 9.69 Å². The highest BCUT2D eigenvalue weighted by atomic mass is 16.5. The molecule has 24 heavy (non-hydrogen) atoms. The molecule has 4 unspecified atom stereocenters. The van der Waals surface area contributed by atoms with Crippen LogP contribution in [-0.2, 0) is 9.53 Å². The third-order valence-corrected chi connectivity index (χ3v) is 6.44. The van der Waals surface area contributed by atoms with Crippen molar-refractivity contribution in [1.29, 1.82) is 0 Å². The van der Waals surface area contributed by atoms with Crippen LogP contribution in [0, 0.1) is 11.8 Å². The van der Waals surface area contributed by atoms with Crippen LogP contribution < -0.4 is 5.32 Å². The van der Waals surface area contributed by atoms with E-state index in [-0.39, 0.29) is 24.7 Å². The second kappa shape index (κ2) is 6.19. The first-order chi connectivity index (χ1) is 11.5. The molecule has 0 radical (unpaired) electrons. The van der Waals surface area contributed by atoms with Crippen LogP contribution >= 0.6 is 0 Å². The van der Waals surface area contributed by atoms with Crippen molar-refractivity contribution in [2.45, 2.75) is 56.9 Å². The van der Waals surface area contributed by atoms with E-state index in [1.54, 1.807) is 0 Å². The Morgan fingerprint density at radius 1 is 1.21 bits per heavy atom. The Labute approximate surface area is 142 Å². The van der Waals surface area contributed by atoms with Gasteiger partial charge in [0.1, 0.15) is 0 Å². The second-order valence-electron chi connectivity index (χ2n) is 7.75. The van der Waals surface area contributed by atoms with Gasteiger partial charge in [0, 0.05) is 37.0 Å². The molecule has 3 saturated heterocycles. The summed E-state index contributed by atoms with van der Waals surface area (Å²) < 4.78 is 5.95. The minimum atomic E-state index is -0.787. The molecule has 4 rings (SSSR count).